The van der Waals surface area contributed by atoms with Crippen LogP contribution in [0, 0.1) is 5.82 Å². The smallest absolute Gasteiger partial charge is 0.410 e. The van der Waals surface area contributed by atoms with Gasteiger partial charge in [-0.2, -0.15) is 0 Å². The van der Waals surface area contributed by atoms with Crippen molar-refractivity contribution in [3.05, 3.63) is 75.9 Å². The van der Waals surface area contributed by atoms with Gasteiger partial charge in [0.2, 0.25) is 0 Å². The second-order valence-corrected chi connectivity index (χ2v) is 11.2. The summed E-state index contributed by atoms with van der Waals surface area (Å²) in [6, 6.07) is 10.1. The number of benzene rings is 2. The number of hydrogen-bond donors (Lipinski definition) is 2. The molecule has 0 saturated heterocycles. The molecule has 1 aliphatic heterocycles. The van der Waals surface area contributed by atoms with Crippen LogP contribution in [-0.2, 0) is 32.5 Å². The van der Waals surface area contributed by atoms with E-state index in [1.165, 1.54) is 40.5 Å². The first-order valence-corrected chi connectivity index (χ1v) is 14.4. The van der Waals surface area contributed by atoms with Crippen molar-refractivity contribution in [1.29, 1.82) is 0 Å². The summed E-state index contributed by atoms with van der Waals surface area (Å²) in [5.74, 6) is -1.74. The molecule has 0 spiro atoms. The molecule has 4 rings (SSSR count). The van der Waals surface area contributed by atoms with Crippen LogP contribution in [0.25, 0.3) is 0 Å². The molecule has 2 N–H and O–H groups in total. The van der Waals surface area contributed by atoms with Gasteiger partial charge in [-0.25, -0.2) is 22.4 Å². The van der Waals surface area contributed by atoms with Crippen molar-refractivity contribution >= 4 is 50.0 Å². The highest BCUT2D eigenvalue weighted by atomic mass is 32.2. The van der Waals surface area contributed by atoms with E-state index in [4.69, 9.17) is 9.47 Å². The predicted molar refractivity (Wildman–Crippen MR) is 143 cm³/mol. The molecule has 0 unspecified atom stereocenters. The number of hydrogen-bond acceptors (Lipinski definition) is 8. The van der Waals surface area contributed by atoms with E-state index in [0.717, 1.165) is 29.1 Å². The van der Waals surface area contributed by atoms with Crippen LogP contribution < -0.4 is 10.0 Å². The lowest BCUT2D eigenvalue weighted by Crippen LogP contribution is -2.36. The fourth-order valence-electron chi connectivity index (χ4n) is 4.01. The Morgan fingerprint density at radius 2 is 1.77 bits per heavy atom. The molecule has 2 amide bonds. The molecule has 39 heavy (non-hydrogen) atoms. The van der Waals surface area contributed by atoms with Gasteiger partial charge in [0.15, 0.2) is 0 Å². The normalized spacial score (nSPS) is 12.8. The highest BCUT2D eigenvalue weighted by Crippen LogP contribution is 2.38. The number of anilines is 2. The molecule has 1 aliphatic rings. The molecule has 2 heterocycles. The molecule has 2 aromatic carbocycles. The molecular weight excluding hydrogens is 549 g/mol. The molecule has 10 nitrogen and oxygen atoms in total. The van der Waals surface area contributed by atoms with Gasteiger partial charge in [0.05, 0.1) is 30.2 Å². The zero-order chi connectivity index (χ0) is 28.2. The number of halogens is 1. The summed E-state index contributed by atoms with van der Waals surface area (Å²) in [5, 5.41) is 3.02. The summed E-state index contributed by atoms with van der Waals surface area (Å²) in [5.41, 5.74) is 1.19. The number of nitrogens with zero attached hydrogens (tertiary/aromatic N) is 1. The number of amides is 2. The Kier molecular flexibility index (Phi) is 8.51. The molecule has 13 heteroatoms. The zero-order valence-electron chi connectivity index (χ0n) is 21.2. The van der Waals surface area contributed by atoms with E-state index in [2.05, 4.69) is 10.0 Å². The third-order valence-electron chi connectivity index (χ3n) is 5.79. The van der Waals surface area contributed by atoms with Crippen LogP contribution in [0.3, 0.4) is 0 Å². The SMILES string of the molecule is CCOC(=O)c1c(NC(=O)c2cccc(NS(=O)(=O)c3ccc(F)cc3)c2)sc2c1CCN(C(=O)OCC)C2. The van der Waals surface area contributed by atoms with E-state index in [0.29, 0.717) is 18.5 Å². The lowest BCUT2D eigenvalue weighted by molar-refractivity contribution is 0.0526. The topological polar surface area (TPSA) is 131 Å². The lowest BCUT2D eigenvalue weighted by Gasteiger charge is -2.26. The number of sulfonamides is 1. The second-order valence-electron chi connectivity index (χ2n) is 8.39. The Labute approximate surface area is 228 Å². The first-order valence-electron chi connectivity index (χ1n) is 12.1. The molecule has 0 fully saturated rings. The minimum Gasteiger partial charge on any atom is -0.462 e. The van der Waals surface area contributed by atoms with Gasteiger partial charge < -0.3 is 19.7 Å². The van der Waals surface area contributed by atoms with Crippen LogP contribution in [0.1, 0.15) is 45.0 Å². The fourth-order valence-corrected chi connectivity index (χ4v) is 6.30. The molecule has 0 atom stereocenters. The van der Waals surface area contributed by atoms with Crippen molar-refractivity contribution < 1.29 is 36.7 Å². The maximum Gasteiger partial charge on any atom is 0.410 e. The molecule has 206 valence electrons. The number of carbonyl (C=O) groups excluding carboxylic acids is 3. The summed E-state index contributed by atoms with van der Waals surface area (Å²) in [7, 11) is -4.02. The number of carbonyl (C=O) groups is 3. The first kappa shape index (κ1) is 28.0. The van der Waals surface area contributed by atoms with E-state index in [1.807, 2.05) is 0 Å². The summed E-state index contributed by atoms with van der Waals surface area (Å²) < 4.78 is 51.2. The minimum atomic E-state index is -4.02. The third kappa shape index (κ3) is 6.37. The van der Waals surface area contributed by atoms with E-state index in [1.54, 1.807) is 13.8 Å². The maximum absolute atomic E-state index is 13.2. The van der Waals surface area contributed by atoms with E-state index < -0.39 is 33.8 Å². The average Bonchev–Trinajstić information content (AvgIpc) is 3.26. The first-order chi connectivity index (χ1) is 18.6. The number of esters is 1. The van der Waals surface area contributed by atoms with Gasteiger partial charge in [-0.15, -0.1) is 11.3 Å². The summed E-state index contributed by atoms with van der Waals surface area (Å²) in [4.78, 5) is 40.3. The Hall–Kier alpha value is -3.97. The monoisotopic (exact) mass is 575 g/mol. The molecule has 0 bridgehead atoms. The molecule has 0 radical (unpaired) electrons. The molecule has 0 saturated carbocycles. The number of fused-ring (bicyclic) bond motifs is 1. The Morgan fingerprint density at radius 1 is 1.05 bits per heavy atom. The molecule has 0 aliphatic carbocycles. The van der Waals surface area contributed by atoms with Gasteiger partial charge in [0, 0.05) is 22.7 Å². The zero-order valence-corrected chi connectivity index (χ0v) is 22.8. The molecule has 1 aromatic heterocycles. The van der Waals surface area contributed by atoms with E-state index >= 15 is 0 Å². The largest absolute Gasteiger partial charge is 0.462 e. The number of ether oxygens (including phenoxy) is 2. The fraction of sp³-hybridized carbons (Fsp3) is 0.269. The van der Waals surface area contributed by atoms with Gasteiger partial charge in [-0.3, -0.25) is 9.52 Å². The van der Waals surface area contributed by atoms with Crippen LogP contribution in [0.4, 0.5) is 19.9 Å². The van der Waals surface area contributed by atoms with Crippen molar-refractivity contribution in [2.75, 3.05) is 29.8 Å². The van der Waals surface area contributed by atoms with Crippen molar-refractivity contribution in [3.8, 4) is 0 Å². The van der Waals surface area contributed by atoms with Crippen LogP contribution >= 0.6 is 11.3 Å². The Bertz CT molecular complexity index is 1500. The summed E-state index contributed by atoms with van der Waals surface area (Å²) in [6.07, 6.45) is -0.0743. The highest BCUT2D eigenvalue weighted by Gasteiger charge is 2.31. The average molecular weight is 576 g/mol. The van der Waals surface area contributed by atoms with Crippen molar-refractivity contribution in [3.63, 3.8) is 0 Å². The second kappa shape index (κ2) is 11.8. The van der Waals surface area contributed by atoms with Crippen LogP contribution in [0.5, 0.6) is 0 Å². The van der Waals surface area contributed by atoms with Crippen LogP contribution in [0.2, 0.25) is 0 Å². The third-order valence-corrected chi connectivity index (χ3v) is 8.32. The van der Waals surface area contributed by atoms with Crippen LogP contribution in [-0.4, -0.2) is 51.0 Å². The highest BCUT2D eigenvalue weighted by molar-refractivity contribution is 7.92. The van der Waals surface area contributed by atoms with Gasteiger partial charge >= 0.3 is 12.1 Å². The summed E-state index contributed by atoms with van der Waals surface area (Å²) >= 11 is 1.17. The minimum absolute atomic E-state index is 0.119. The van der Waals surface area contributed by atoms with E-state index in [-0.39, 0.29) is 46.5 Å². The predicted octanol–water partition coefficient (Wildman–Crippen LogP) is 4.63. The van der Waals surface area contributed by atoms with Gasteiger partial charge in [0.1, 0.15) is 10.8 Å². The van der Waals surface area contributed by atoms with Gasteiger partial charge in [-0.05, 0) is 68.3 Å². The number of nitrogens with one attached hydrogen (secondary N) is 2. The van der Waals surface area contributed by atoms with Crippen LogP contribution in [0.15, 0.2) is 53.4 Å². The van der Waals surface area contributed by atoms with Crippen molar-refractivity contribution in [2.45, 2.75) is 31.7 Å². The van der Waals surface area contributed by atoms with Gasteiger partial charge in [0.25, 0.3) is 15.9 Å². The molecule has 3 aromatic rings. The van der Waals surface area contributed by atoms with Crippen molar-refractivity contribution in [2.24, 2.45) is 0 Å². The summed E-state index contributed by atoms with van der Waals surface area (Å²) in [6.45, 7) is 4.34. The number of thiophene rings is 1. The Balaban J connectivity index is 1.57. The number of rotatable bonds is 8. The Morgan fingerprint density at radius 3 is 2.46 bits per heavy atom. The molecular formula is C26H26FN3O7S2. The van der Waals surface area contributed by atoms with Crippen molar-refractivity contribution in [1.82, 2.24) is 4.90 Å². The lowest BCUT2D eigenvalue weighted by atomic mass is 10.0. The standard InChI is InChI=1S/C26H26FN3O7S2/c1-3-36-25(32)22-20-12-13-30(26(33)37-4-2)15-21(20)38-24(22)28-23(31)16-6-5-7-18(14-16)29-39(34,35)19-10-8-17(27)9-11-19/h5-11,14,29H,3-4,12-13,15H2,1-2H3,(H,28,31). The maximum atomic E-state index is 13.2. The quantitative estimate of drug-likeness (QED) is 0.375. The van der Waals surface area contributed by atoms with Gasteiger partial charge in [-0.1, -0.05) is 6.07 Å². The van der Waals surface area contributed by atoms with E-state index in [9.17, 15) is 27.2 Å².